The first-order valence-electron chi connectivity index (χ1n) is 5.29. The smallest absolute Gasteiger partial charge is 0.224 e. The highest BCUT2D eigenvalue weighted by molar-refractivity contribution is 9.10. The Kier molecular flexibility index (Phi) is 4.37. The number of hydrogen-bond donors (Lipinski definition) is 1. The van der Waals surface area contributed by atoms with Crippen LogP contribution in [-0.2, 0) is 6.61 Å². The standard InChI is InChI=1S/C13H11Br2NO2/c1-8-2-3-10(14)5-12(8)18-13-9(7-17)4-11(15)6-16-13/h2-6,17H,7H2,1H3. The zero-order chi connectivity index (χ0) is 13.1. The Morgan fingerprint density at radius 2 is 2.00 bits per heavy atom. The van der Waals surface area contributed by atoms with E-state index in [1.54, 1.807) is 12.3 Å². The van der Waals surface area contributed by atoms with Crippen LogP contribution in [0.5, 0.6) is 11.6 Å². The van der Waals surface area contributed by atoms with Gasteiger partial charge in [-0.05, 0) is 46.6 Å². The fraction of sp³-hybridized carbons (Fsp3) is 0.154. The topological polar surface area (TPSA) is 42.4 Å². The lowest BCUT2D eigenvalue weighted by Gasteiger charge is -2.11. The molecule has 2 aromatic rings. The summed E-state index contributed by atoms with van der Waals surface area (Å²) in [7, 11) is 0. The van der Waals surface area contributed by atoms with Gasteiger partial charge < -0.3 is 9.84 Å². The fourth-order valence-electron chi connectivity index (χ4n) is 1.46. The summed E-state index contributed by atoms with van der Waals surface area (Å²) in [5, 5.41) is 9.29. The minimum absolute atomic E-state index is 0.116. The second kappa shape index (κ2) is 5.82. The predicted octanol–water partition coefficient (Wildman–Crippen LogP) is 4.20. The van der Waals surface area contributed by atoms with Crippen molar-refractivity contribution >= 4 is 31.9 Å². The quantitative estimate of drug-likeness (QED) is 0.877. The summed E-state index contributed by atoms with van der Waals surface area (Å²) in [6.45, 7) is 1.84. The molecule has 2 rings (SSSR count). The number of aromatic nitrogens is 1. The number of aryl methyl sites for hydroxylation is 1. The van der Waals surface area contributed by atoms with Crippen LogP contribution < -0.4 is 4.74 Å². The van der Waals surface area contributed by atoms with E-state index < -0.39 is 0 Å². The van der Waals surface area contributed by atoms with Crippen molar-refractivity contribution in [2.45, 2.75) is 13.5 Å². The lowest BCUT2D eigenvalue weighted by molar-refractivity contribution is 0.275. The number of aliphatic hydroxyl groups excluding tert-OH is 1. The van der Waals surface area contributed by atoms with Gasteiger partial charge in [-0.2, -0.15) is 0 Å². The van der Waals surface area contributed by atoms with Gasteiger partial charge in [-0.3, -0.25) is 0 Å². The fourth-order valence-corrected chi connectivity index (χ4v) is 2.18. The van der Waals surface area contributed by atoms with E-state index in [0.717, 1.165) is 14.5 Å². The molecule has 0 aliphatic carbocycles. The molecule has 0 bridgehead atoms. The molecule has 0 unspecified atom stereocenters. The SMILES string of the molecule is Cc1ccc(Br)cc1Oc1ncc(Br)cc1CO. The molecule has 0 spiro atoms. The van der Waals surface area contributed by atoms with Crippen LogP contribution in [0.4, 0.5) is 0 Å². The van der Waals surface area contributed by atoms with E-state index in [1.807, 2.05) is 25.1 Å². The van der Waals surface area contributed by atoms with Crippen LogP contribution >= 0.6 is 31.9 Å². The first-order chi connectivity index (χ1) is 8.60. The molecule has 5 heteroatoms. The van der Waals surface area contributed by atoms with E-state index in [0.29, 0.717) is 17.2 Å². The number of aliphatic hydroxyl groups is 1. The summed E-state index contributed by atoms with van der Waals surface area (Å²) in [5.41, 5.74) is 1.65. The van der Waals surface area contributed by atoms with Gasteiger partial charge in [0.2, 0.25) is 5.88 Å². The summed E-state index contributed by atoms with van der Waals surface area (Å²) < 4.78 is 7.49. The van der Waals surface area contributed by atoms with Crippen LogP contribution in [0, 0.1) is 6.92 Å². The van der Waals surface area contributed by atoms with Crippen molar-refractivity contribution in [3.8, 4) is 11.6 Å². The van der Waals surface area contributed by atoms with Crippen LogP contribution in [0.25, 0.3) is 0 Å². The maximum Gasteiger partial charge on any atom is 0.224 e. The van der Waals surface area contributed by atoms with Crippen LogP contribution in [0.2, 0.25) is 0 Å². The van der Waals surface area contributed by atoms with Gasteiger partial charge in [0.1, 0.15) is 5.75 Å². The monoisotopic (exact) mass is 371 g/mol. The summed E-state index contributed by atoms with van der Waals surface area (Å²) in [6.07, 6.45) is 1.64. The number of benzene rings is 1. The Morgan fingerprint density at radius 3 is 2.72 bits per heavy atom. The first kappa shape index (κ1) is 13.5. The van der Waals surface area contributed by atoms with Gasteiger partial charge in [-0.15, -0.1) is 0 Å². The van der Waals surface area contributed by atoms with Crippen molar-refractivity contribution in [2.75, 3.05) is 0 Å². The van der Waals surface area contributed by atoms with E-state index in [1.165, 1.54) is 0 Å². The van der Waals surface area contributed by atoms with Crippen LogP contribution in [0.15, 0.2) is 39.4 Å². The Hall–Kier alpha value is -0.910. The maximum atomic E-state index is 9.29. The molecule has 0 fully saturated rings. The number of halogens is 2. The molecule has 0 saturated carbocycles. The van der Waals surface area contributed by atoms with Crippen molar-refractivity contribution in [3.05, 3.63) is 50.5 Å². The van der Waals surface area contributed by atoms with Gasteiger partial charge in [0.25, 0.3) is 0 Å². The van der Waals surface area contributed by atoms with Gasteiger partial charge in [-0.1, -0.05) is 22.0 Å². The highest BCUT2D eigenvalue weighted by atomic mass is 79.9. The van der Waals surface area contributed by atoms with Gasteiger partial charge >= 0.3 is 0 Å². The third kappa shape index (κ3) is 3.10. The molecule has 94 valence electrons. The second-order valence-corrected chi connectivity index (χ2v) is 5.62. The Labute approximate surface area is 122 Å². The molecule has 0 atom stereocenters. The van der Waals surface area contributed by atoms with Crippen molar-refractivity contribution in [2.24, 2.45) is 0 Å². The Balaban J connectivity index is 2.36. The molecule has 18 heavy (non-hydrogen) atoms. The number of pyridine rings is 1. The third-order valence-corrected chi connectivity index (χ3v) is 3.35. The summed E-state index contributed by atoms with van der Waals surface area (Å²) in [5.74, 6) is 1.13. The molecule has 1 aromatic heterocycles. The number of nitrogens with zero attached hydrogens (tertiary/aromatic N) is 1. The molecule has 0 aliphatic rings. The van der Waals surface area contributed by atoms with E-state index in [-0.39, 0.29) is 6.61 Å². The molecular formula is C13H11Br2NO2. The molecule has 1 aromatic carbocycles. The third-order valence-electron chi connectivity index (χ3n) is 2.42. The molecule has 3 nitrogen and oxygen atoms in total. The normalized spacial score (nSPS) is 10.4. The lowest BCUT2D eigenvalue weighted by Crippen LogP contribution is -1.96. The van der Waals surface area contributed by atoms with Crippen molar-refractivity contribution in [3.63, 3.8) is 0 Å². The van der Waals surface area contributed by atoms with Gasteiger partial charge in [0.05, 0.1) is 6.61 Å². The average molecular weight is 373 g/mol. The van der Waals surface area contributed by atoms with Crippen molar-refractivity contribution < 1.29 is 9.84 Å². The highest BCUT2D eigenvalue weighted by Gasteiger charge is 2.09. The number of rotatable bonds is 3. The maximum absolute atomic E-state index is 9.29. The summed E-state index contributed by atoms with van der Waals surface area (Å²) in [6, 6.07) is 7.57. The van der Waals surface area contributed by atoms with Crippen molar-refractivity contribution in [1.29, 1.82) is 0 Å². The molecule has 0 amide bonds. The minimum Gasteiger partial charge on any atom is -0.438 e. The van der Waals surface area contributed by atoms with E-state index >= 15 is 0 Å². The first-order valence-corrected chi connectivity index (χ1v) is 6.88. The van der Waals surface area contributed by atoms with Crippen LogP contribution in [0.1, 0.15) is 11.1 Å². The lowest BCUT2D eigenvalue weighted by atomic mass is 10.2. The Morgan fingerprint density at radius 1 is 1.22 bits per heavy atom. The second-order valence-electron chi connectivity index (χ2n) is 3.79. The van der Waals surface area contributed by atoms with Crippen molar-refractivity contribution in [1.82, 2.24) is 4.98 Å². The highest BCUT2D eigenvalue weighted by Crippen LogP contribution is 2.29. The summed E-state index contributed by atoms with van der Waals surface area (Å²) in [4.78, 5) is 4.17. The van der Waals surface area contributed by atoms with E-state index in [4.69, 9.17) is 4.74 Å². The predicted molar refractivity (Wildman–Crippen MR) is 76.8 cm³/mol. The molecule has 0 radical (unpaired) electrons. The van der Waals surface area contributed by atoms with Gasteiger partial charge in [0.15, 0.2) is 0 Å². The molecular weight excluding hydrogens is 362 g/mol. The van der Waals surface area contributed by atoms with E-state index in [2.05, 4.69) is 36.8 Å². The summed E-state index contributed by atoms with van der Waals surface area (Å²) >= 11 is 6.71. The zero-order valence-electron chi connectivity index (χ0n) is 9.65. The van der Waals surface area contributed by atoms with Crippen LogP contribution in [-0.4, -0.2) is 10.1 Å². The van der Waals surface area contributed by atoms with Gasteiger partial charge in [-0.25, -0.2) is 4.98 Å². The minimum atomic E-state index is -0.116. The molecule has 1 N–H and O–H groups in total. The molecule has 0 aliphatic heterocycles. The molecule has 1 heterocycles. The zero-order valence-corrected chi connectivity index (χ0v) is 12.8. The largest absolute Gasteiger partial charge is 0.438 e. The average Bonchev–Trinajstić information content (AvgIpc) is 2.36. The van der Waals surface area contributed by atoms with Crippen LogP contribution in [0.3, 0.4) is 0 Å². The van der Waals surface area contributed by atoms with Gasteiger partial charge in [0, 0.05) is 20.7 Å². The molecule has 0 saturated heterocycles. The van der Waals surface area contributed by atoms with E-state index in [9.17, 15) is 5.11 Å². The Bertz CT molecular complexity index is 573. The number of ether oxygens (including phenoxy) is 1. The number of hydrogen-bond acceptors (Lipinski definition) is 3.